The van der Waals surface area contributed by atoms with Crippen LogP contribution in [0.3, 0.4) is 0 Å². The fraction of sp³-hybridized carbons (Fsp3) is 0.600. The topological polar surface area (TPSA) is 48.5 Å². The number of anilines is 1. The fourth-order valence-electron chi connectivity index (χ4n) is 3.96. The van der Waals surface area contributed by atoms with Crippen LogP contribution in [0.1, 0.15) is 44.6 Å². The molecule has 1 aromatic carbocycles. The van der Waals surface area contributed by atoms with Crippen LogP contribution in [0.5, 0.6) is 0 Å². The van der Waals surface area contributed by atoms with E-state index in [1.165, 1.54) is 35.9 Å². The molecule has 140 valence electrons. The quantitative estimate of drug-likeness (QED) is 0.874. The minimum atomic E-state index is 0.258. The molecule has 0 bridgehead atoms. The lowest BCUT2D eigenvalue weighted by atomic mass is 10.2. The molecule has 2 aliphatic rings. The summed E-state index contributed by atoms with van der Waals surface area (Å²) in [5, 5.41) is 4.78. The van der Waals surface area contributed by atoms with Crippen molar-refractivity contribution in [3.05, 3.63) is 23.8 Å². The van der Waals surface area contributed by atoms with Crippen LogP contribution < -0.4 is 10.2 Å². The van der Waals surface area contributed by atoms with Crippen LogP contribution in [0.2, 0.25) is 0 Å². The van der Waals surface area contributed by atoms with E-state index in [4.69, 9.17) is 4.98 Å². The van der Waals surface area contributed by atoms with Crippen molar-refractivity contribution in [2.75, 3.05) is 31.1 Å². The van der Waals surface area contributed by atoms with Crippen LogP contribution in [0.25, 0.3) is 10.2 Å². The summed E-state index contributed by atoms with van der Waals surface area (Å²) < 4.78 is 1.26. The summed E-state index contributed by atoms with van der Waals surface area (Å²) in [7, 11) is 0. The predicted octanol–water partition coefficient (Wildman–Crippen LogP) is 3.39. The van der Waals surface area contributed by atoms with E-state index in [1.807, 2.05) is 11.8 Å². The number of nitrogens with one attached hydrogen (secondary N) is 1. The minimum Gasteiger partial charge on any atom is -0.345 e. The van der Waals surface area contributed by atoms with Gasteiger partial charge in [0, 0.05) is 45.2 Å². The first-order valence-electron chi connectivity index (χ1n) is 9.88. The summed E-state index contributed by atoms with van der Waals surface area (Å²) in [5.74, 6) is 0.258. The Balaban J connectivity index is 1.40. The molecule has 0 unspecified atom stereocenters. The summed E-state index contributed by atoms with van der Waals surface area (Å²) in [6, 6.07) is 7.34. The number of rotatable bonds is 5. The van der Waals surface area contributed by atoms with E-state index in [0.29, 0.717) is 12.5 Å². The van der Waals surface area contributed by atoms with Gasteiger partial charge in [0.2, 0.25) is 5.91 Å². The van der Waals surface area contributed by atoms with Crippen molar-refractivity contribution in [2.24, 2.45) is 0 Å². The summed E-state index contributed by atoms with van der Waals surface area (Å²) >= 11 is 1.78. The minimum absolute atomic E-state index is 0.258. The maximum absolute atomic E-state index is 11.8. The van der Waals surface area contributed by atoms with Gasteiger partial charge in [0.15, 0.2) is 5.13 Å². The SMILES string of the molecule is CCC(=O)N1CCN(c2nc3ccc(CNC4CCCC4)cc3s2)CC1. The van der Waals surface area contributed by atoms with E-state index in [9.17, 15) is 4.79 Å². The number of piperazine rings is 1. The van der Waals surface area contributed by atoms with Crippen molar-refractivity contribution in [1.29, 1.82) is 0 Å². The predicted molar refractivity (Wildman–Crippen MR) is 108 cm³/mol. The van der Waals surface area contributed by atoms with Crippen LogP contribution >= 0.6 is 11.3 Å². The van der Waals surface area contributed by atoms with Crippen molar-refractivity contribution in [3.63, 3.8) is 0 Å². The first-order chi connectivity index (χ1) is 12.7. The zero-order chi connectivity index (χ0) is 17.9. The Morgan fingerprint density at radius 1 is 1.23 bits per heavy atom. The number of thiazole rings is 1. The van der Waals surface area contributed by atoms with Crippen molar-refractivity contribution in [2.45, 2.75) is 51.6 Å². The highest BCUT2D eigenvalue weighted by atomic mass is 32.1. The Morgan fingerprint density at radius 3 is 2.73 bits per heavy atom. The van der Waals surface area contributed by atoms with Gasteiger partial charge in [-0.15, -0.1) is 0 Å². The molecule has 1 amide bonds. The average Bonchev–Trinajstić information content (AvgIpc) is 3.35. The number of carbonyl (C=O) groups excluding carboxylic acids is 1. The molecule has 5 nitrogen and oxygen atoms in total. The van der Waals surface area contributed by atoms with Gasteiger partial charge in [0.25, 0.3) is 0 Å². The first kappa shape index (κ1) is 17.7. The highest BCUT2D eigenvalue weighted by Gasteiger charge is 2.22. The average molecular weight is 373 g/mol. The lowest BCUT2D eigenvalue weighted by Crippen LogP contribution is -2.48. The Morgan fingerprint density at radius 2 is 2.00 bits per heavy atom. The highest BCUT2D eigenvalue weighted by molar-refractivity contribution is 7.22. The lowest BCUT2D eigenvalue weighted by molar-refractivity contribution is -0.131. The smallest absolute Gasteiger partial charge is 0.222 e. The largest absolute Gasteiger partial charge is 0.345 e. The third kappa shape index (κ3) is 3.86. The Kier molecular flexibility index (Phi) is 5.41. The normalized spacial score (nSPS) is 18.8. The van der Waals surface area contributed by atoms with E-state index in [1.54, 1.807) is 11.3 Å². The van der Waals surface area contributed by atoms with E-state index >= 15 is 0 Å². The number of fused-ring (bicyclic) bond motifs is 1. The van der Waals surface area contributed by atoms with Gasteiger partial charge in [-0.3, -0.25) is 4.79 Å². The maximum Gasteiger partial charge on any atom is 0.222 e. The molecule has 26 heavy (non-hydrogen) atoms. The third-order valence-corrected chi connectivity index (χ3v) is 6.68. The highest BCUT2D eigenvalue weighted by Crippen LogP contribution is 2.30. The van der Waals surface area contributed by atoms with Crippen LogP contribution in [0.4, 0.5) is 5.13 Å². The fourth-order valence-corrected chi connectivity index (χ4v) is 5.05. The molecule has 2 fully saturated rings. The van der Waals surface area contributed by atoms with Gasteiger partial charge in [0.05, 0.1) is 10.2 Å². The molecule has 2 heterocycles. The van der Waals surface area contributed by atoms with Crippen LogP contribution in [0, 0.1) is 0 Å². The zero-order valence-electron chi connectivity index (χ0n) is 15.5. The van der Waals surface area contributed by atoms with Gasteiger partial charge < -0.3 is 15.1 Å². The van der Waals surface area contributed by atoms with Gasteiger partial charge in [0.1, 0.15) is 0 Å². The molecular formula is C20H28N4OS. The molecule has 1 saturated carbocycles. The van der Waals surface area contributed by atoms with Crippen molar-refractivity contribution >= 4 is 32.6 Å². The summed E-state index contributed by atoms with van der Waals surface area (Å²) in [6.07, 6.45) is 5.97. The van der Waals surface area contributed by atoms with Gasteiger partial charge in [-0.05, 0) is 30.5 Å². The zero-order valence-corrected chi connectivity index (χ0v) is 16.4. The van der Waals surface area contributed by atoms with E-state index in [-0.39, 0.29) is 5.91 Å². The van der Waals surface area contributed by atoms with Gasteiger partial charge in [-0.2, -0.15) is 0 Å². The van der Waals surface area contributed by atoms with E-state index in [2.05, 4.69) is 28.4 Å². The molecular weight excluding hydrogens is 344 g/mol. The second-order valence-corrected chi connectivity index (χ2v) is 8.39. The molecule has 1 saturated heterocycles. The second-order valence-electron chi connectivity index (χ2n) is 7.38. The van der Waals surface area contributed by atoms with E-state index < -0.39 is 0 Å². The number of carbonyl (C=O) groups is 1. The van der Waals surface area contributed by atoms with Gasteiger partial charge >= 0.3 is 0 Å². The number of amides is 1. The summed E-state index contributed by atoms with van der Waals surface area (Å²) in [6.45, 7) is 6.24. The molecule has 1 aromatic heterocycles. The second kappa shape index (κ2) is 7.92. The molecule has 4 rings (SSSR count). The standard InChI is InChI=1S/C20H28N4OS/c1-2-19(25)23-9-11-24(12-10-23)20-22-17-8-7-15(13-18(17)26-20)14-21-16-5-3-4-6-16/h7-8,13,16,21H,2-6,9-12,14H2,1H3. The molecule has 2 aromatic rings. The third-order valence-electron chi connectivity index (χ3n) is 5.60. The molecule has 6 heteroatoms. The lowest BCUT2D eigenvalue weighted by Gasteiger charge is -2.34. The Bertz CT molecular complexity index is 760. The molecule has 0 radical (unpaired) electrons. The van der Waals surface area contributed by atoms with Crippen LogP contribution in [-0.4, -0.2) is 48.0 Å². The number of benzene rings is 1. The number of hydrogen-bond donors (Lipinski definition) is 1. The van der Waals surface area contributed by atoms with E-state index in [0.717, 1.165) is 43.4 Å². The van der Waals surface area contributed by atoms with Crippen molar-refractivity contribution < 1.29 is 4.79 Å². The van der Waals surface area contributed by atoms with Crippen LogP contribution in [-0.2, 0) is 11.3 Å². The molecule has 1 aliphatic carbocycles. The monoisotopic (exact) mass is 372 g/mol. The molecule has 0 atom stereocenters. The summed E-state index contributed by atoms with van der Waals surface area (Å²) in [5.41, 5.74) is 2.43. The number of nitrogens with zero attached hydrogens (tertiary/aromatic N) is 3. The van der Waals surface area contributed by atoms with Crippen LogP contribution in [0.15, 0.2) is 18.2 Å². The number of aromatic nitrogens is 1. The van der Waals surface area contributed by atoms with Crippen molar-refractivity contribution in [3.8, 4) is 0 Å². The Hall–Kier alpha value is -1.66. The Labute approximate surface area is 159 Å². The maximum atomic E-state index is 11.8. The van der Waals surface area contributed by atoms with Gasteiger partial charge in [-0.25, -0.2) is 4.98 Å². The molecule has 1 aliphatic heterocycles. The number of hydrogen-bond acceptors (Lipinski definition) is 5. The molecule has 0 spiro atoms. The first-order valence-corrected chi connectivity index (χ1v) is 10.7. The van der Waals surface area contributed by atoms with Crippen molar-refractivity contribution in [1.82, 2.24) is 15.2 Å². The summed E-state index contributed by atoms with van der Waals surface area (Å²) in [4.78, 5) is 20.9. The molecule has 1 N–H and O–H groups in total. The van der Waals surface area contributed by atoms with Gasteiger partial charge in [-0.1, -0.05) is 37.2 Å².